The lowest BCUT2D eigenvalue weighted by atomic mass is 9.90. The van der Waals surface area contributed by atoms with Crippen LogP contribution in [0.3, 0.4) is 0 Å². The minimum atomic E-state index is -0.329. The normalized spacial score (nSPS) is 16.4. The van der Waals surface area contributed by atoms with E-state index in [1.54, 1.807) is 12.1 Å². The molecule has 2 aromatic rings. The Bertz CT molecular complexity index is 668. The van der Waals surface area contributed by atoms with Crippen LogP contribution in [0.15, 0.2) is 24.3 Å². The number of cyclic esters (lactones) is 2. The maximum atomic E-state index is 11.7. The van der Waals surface area contributed by atoms with Crippen LogP contribution in [0.5, 0.6) is 0 Å². The topological polar surface area (TPSA) is 52.6 Å². The number of esters is 2. The predicted octanol–water partition coefficient (Wildman–Crippen LogP) is 2.18. The lowest BCUT2D eigenvalue weighted by molar-refractivity contribution is 0.0444. The van der Waals surface area contributed by atoms with Gasteiger partial charge in [0.05, 0.1) is 11.1 Å². The molecule has 2 heterocycles. The van der Waals surface area contributed by atoms with Crippen molar-refractivity contribution in [3.8, 4) is 0 Å². The molecule has 0 fully saturated rings. The Labute approximate surface area is 102 Å². The molecule has 2 aromatic carbocycles. The minimum Gasteiger partial charge on any atom is -0.457 e. The number of hydrogen-bond donors (Lipinski definition) is 0. The van der Waals surface area contributed by atoms with Crippen molar-refractivity contribution in [1.29, 1.82) is 0 Å². The molecule has 0 unspecified atom stereocenters. The lowest BCUT2D eigenvalue weighted by Crippen LogP contribution is -2.18. The van der Waals surface area contributed by atoms with E-state index in [4.69, 9.17) is 9.47 Å². The van der Waals surface area contributed by atoms with Crippen molar-refractivity contribution in [3.63, 3.8) is 0 Å². The summed E-state index contributed by atoms with van der Waals surface area (Å²) in [5.41, 5.74) is 2.96. The number of carbonyl (C=O) groups is 2. The second kappa shape index (κ2) is 3.10. The van der Waals surface area contributed by atoms with E-state index < -0.39 is 0 Å². The van der Waals surface area contributed by atoms with Gasteiger partial charge in [-0.05, 0) is 23.3 Å². The van der Waals surface area contributed by atoms with Gasteiger partial charge in [0.1, 0.15) is 13.2 Å². The molecule has 0 aromatic heterocycles. The third-order valence-electron chi connectivity index (χ3n) is 3.49. The van der Waals surface area contributed by atoms with E-state index in [0.717, 1.165) is 21.9 Å². The highest BCUT2D eigenvalue weighted by Crippen LogP contribution is 2.36. The summed E-state index contributed by atoms with van der Waals surface area (Å²) in [6.45, 7) is 0.530. The summed E-state index contributed by atoms with van der Waals surface area (Å²) in [5, 5.41) is 1.69. The molecule has 0 saturated heterocycles. The zero-order valence-corrected chi connectivity index (χ0v) is 9.36. The van der Waals surface area contributed by atoms with E-state index in [1.807, 2.05) is 12.1 Å². The Morgan fingerprint density at radius 2 is 1.17 bits per heavy atom. The molecule has 0 spiro atoms. The van der Waals surface area contributed by atoms with Crippen LogP contribution >= 0.6 is 0 Å². The number of ether oxygens (including phenoxy) is 2. The third-order valence-corrected chi connectivity index (χ3v) is 3.49. The van der Waals surface area contributed by atoms with Crippen LogP contribution in [0, 0.1) is 0 Å². The largest absolute Gasteiger partial charge is 0.457 e. The van der Waals surface area contributed by atoms with Gasteiger partial charge in [-0.3, -0.25) is 0 Å². The van der Waals surface area contributed by atoms with Crippen molar-refractivity contribution < 1.29 is 19.1 Å². The molecule has 0 aliphatic carbocycles. The average molecular weight is 240 g/mol. The minimum absolute atomic E-state index is 0.265. The fourth-order valence-electron chi connectivity index (χ4n) is 2.66. The van der Waals surface area contributed by atoms with Crippen LogP contribution in [0.4, 0.5) is 0 Å². The maximum Gasteiger partial charge on any atom is 0.339 e. The number of benzene rings is 2. The number of rotatable bonds is 0. The first-order valence-corrected chi connectivity index (χ1v) is 5.67. The van der Waals surface area contributed by atoms with Crippen molar-refractivity contribution in [1.82, 2.24) is 0 Å². The Morgan fingerprint density at radius 1 is 0.722 bits per heavy atom. The quantitative estimate of drug-likeness (QED) is 0.662. The van der Waals surface area contributed by atoms with E-state index in [1.165, 1.54) is 0 Å². The Balaban J connectivity index is 2.24. The molecule has 0 N–H and O–H groups in total. The lowest BCUT2D eigenvalue weighted by Gasteiger charge is -2.23. The van der Waals surface area contributed by atoms with Crippen LogP contribution in [-0.4, -0.2) is 11.9 Å². The van der Waals surface area contributed by atoms with Crippen LogP contribution in [0.2, 0.25) is 0 Å². The van der Waals surface area contributed by atoms with Crippen molar-refractivity contribution in [2.24, 2.45) is 0 Å². The van der Waals surface area contributed by atoms with Gasteiger partial charge in [0, 0.05) is 10.8 Å². The molecule has 2 aliphatic rings. The van der Waals surface area contributed by atoms with Gasteiger partial charge < -0.3 is 9.47 Å². The van der Waals surface area contributed by atoms with E-state index in [2.05, 4.69) is 0 Å². The molecule has 0 bridgehead atoms. The second-order valence-electron chi connectivity index (χ2n) is 4.45. The summed E-state index contributed by atoms with van der Waals surface area (Å²) in [6, 6.07) is 7.13. The summed E-state index contributed by atoms with van der Waals surface area (Å²) < 4.78 is 10.2. The summed E-state index contributed by atoms with van der Waals surface area (Å²) in [7, 11) is 0. The van der Waals surface area contributed by atoms with Crippen LogP contribution in [-0.2, 0) is 22.7 Å². The first-order valence-electron chi connectivity index (χ1n) is 5.67. The zero-order valence-electron chi connectivity index (χ0n) is 9.36. The summed E-state index contributed by atoms with van der Waals surface area (Å²) in [5.74, 6) is -0.657. The zero-order chi connectivity index (χ0) is 12.3. The van der Waals surface area contributed by atoms with Crippen LogP contribution < -0.4 is 0 Å². The van der Waals surface area contributed by atoms with Gasteiger partial charge in [-0.15, -0.1) is 0 Å². The molecular formula is C14H8O4. The van der Waals surface area contributed by atoms with E-state index in [0.29, 0.717) is 11.1 Å². The summed E-state index contributed by atoms with van der Waals surface area (Å²) in [4.78, 5) is 23.5. The Morgan fingerprint density at radius 3 is 1.61 bits per heavy atom. The van der Waals surface area contributed by atoms with Crippen LogP contribution in [0.1, 0.15) is 31.8 Å². The molecule has 18 heavy (non-hydrogen) atoms. The highest BCUT2D eigenvalue weighted by atomic mass is 16.5. The molecule has 4 rings (SSSR count). The monoisotopic (exact) mass is 240 g/mol. The second-order valence-corrected chi connectivity index (χ2v) is 4.45. The van der Waals surface area contributed by atoms with Gasteiger partial charge >= 0.3 is 11.9 Å². The molecule has 0 radical (unpaired) electrons. The molecule has 4 nitrogen and oxygen atoms in total. The van der Waals surface area contributed by atoms with E-state index in [-0.39, 0.29) is 25.2 Å². The molecule has 0 atom stereocenters. The van der Waals surface area contributed by atoms with Gasteiger partial charge in [-0.1, -0.05) is 12.1 Å². The third kappa shape index (κ3) is 1.05. The van der Waals surface area contributed by atoms with Gasteiger partial charge in [0.2, 0.25) is 0 Å². The molecule has 88 valence electrons. The van der Waals surface area contributed by atoms with Gasteiger partial charge in [0.15, 0.2) is 0 Å². The predicted molar refractivity (Wildman–Crippen MR) is 62.2 cm³/mol. The average Bonchev–Trinajstić information content (AvgIpc) is 2.40. The van der Waals surface area contributed by atoms with Crippen LogP contribution in [0.25, 0.3) is 10.8 Å². The van der Waals surface area contributed by atoms with Crippen molar-refractivity contribution in [2.45, 2.75) is 13.2 Å². The van der Waals surface area contributed by atoms with Crippen molar-refractivity contribution in [3.05, 3.63) is 46.5 Å². The molecule has 4 heteroatoms. The molecular weight excluding hydrogens is 232 g/mol. The molecule has 0 amide bonds. The summed E-state index contributed by atoms with van der Waals surface area (Å²) >= 11 is 0. The smallest absolute Gasteiger partial charge is 0.339 e. The SMILES string of the molecule is O=C1OCc2ccc3c4c(ccc1c24)C(=O)OC3. The number of hydrogen-bond acceptors (Lipinski definition) is 4. The van der Waals surface area contributed by atoms with Gasteiger partial charge in [0.25, 0.3) is 0 Å². The first kappa shape index (κ1) is 9.65. The highest BCUT2D eigenvalue weighted by Gasteiger charge is 2.28. The van der Waals surface area contributed by atoms with Crippen molar-refractivity contribution in [2.75, 3.05) is 0 Å². The standard InChI is InChI=1S/C14H8O4/c15-13-9-3-4-10-12-8(6-18-14(10)16)2-1-7(5-17-13)11(9)12/h1-4H,5-6H2. The molecule has 0 saturated carbocycles. The fourth-order valence-corrected chi connectivity index (χ4v) is 2.66. The Hall–Kier alpha value is -2.36. The molecule has 2 aliphatic heterocycles. The van der Waals surface area contributed by atoms with Crippen molar-refractivity contribution >= 4 is 22.7 Å². The fraction of sp³-hybridized carbons (Fsp3) is 0.143. The van der Waals surface area contributed by atoms with E-state index in [9.17, 15) is 9.59 Å². The number of carbonyl (C=O) groups excluding carboxylic acids is 2. The van der Waals surface area contributed by atoms with E-state index >= 15 is 0 Å². The Kier molecular flexibility index (Phi) is 1.66. The summed E-state index contributed by atoms with van der Waals surface area (Å²) in [6.07, 6.45) is 0. The highest BCUT2D eigenvalue weighted by molar-refractivity contribution is 6.15. The maximum absolute atomic E-state index is 11.7. The van der Waals surface area contributed by atoms with Gasteiger partial charge in [-0.2, -0.15) is 0 Å². The van der Waals surface area contributed by atoms with Gasteiger partial charge in [-0.25, -0.2) is 9.59 Å². The first-order chi connectivity index (χ1) is 8.75.